The number of fused-ring (bicyclic) bond motifs is 2. The summed E-state index contributed by atoms with van der Waals surface area (Å²) < 4.78 is 17.7. The largest absolute Gasteiger partial charge is 0.606 e. The summed E-state index contributed by atoms with van der Waals surface area (Å²) in [5, 5.41) is 0. The number of carbonyl (C=O) groups excluding carboxylic acids is 1. The molecule has 0 saturated heterocycles. The number of rotatable bonds is 3. The summed E-state index contributed by atoms with van der Waals surface area (Å²) in [6, 6.07) is 13.9. The van der Waals surface area contributed by atoms with Gasteiger partial charge in [0.25, 0.3) is 0 Å². The second-order valence-corrected chi connectivity index (χ2v) is 7.04. The van der Waals surface area contributed by atoms with Crippen molar-refractivity contribution < 1.29 is 14.1 Å². The maximum absolute atomic E-state index is 12.6. The maximum atomic E-state index is 12.6. The highest BCUT2D eigenvalue weighted by Gasteiger charge is 2.28. The predicted octanol–water partition coefficient (Wildman–Crippen LogP) is 3.42. The third-order valence-electron chi connectivity index (χ3n) is 3.94. The highest BCUT2D eigenvalue weighted by molar-refractivity contribution is 7.91. The van der Waals surface area contributed by atoms with Crippen LogP contribution in [0.1, 0.15) is 36.5 Å². The van der Waals surface area contributed by atoms with Gasteiger partial charge in [-0.1, -0.05) is 37.3 Å². The molecule has 1 heterocycles. The summed E-state index contributed by atoms with van der Waals surface area (Å²) >= 11 is -1.11. The van der Waals surface area contributed by atoms with Gasteiger partial charge in [0, 0.05) is 41.6 Å². The molecule has 22 heavy (non-hydrogen) atoms. The molecule has 0 amide bonds. The van der Waals surface area contributed by atoms with Crippen LogP contribution in [0, 0.1) is 0 Å². The Morgan fingerprint density at radius 1 is 1.23 bits per heavy atom. The van der Waals surface area contributed by atoms with Crippen molar-refractivity contribution in [2.24, 2.45) is 0 Å². The fourth-order valence-corrected chi connectivity index (χ4v) is 4.10. The summed E-state index contributed by atoms with van der Waals surface area (Å²) in [5.74, 6) is -0.139. The Morgan fingerprint density at radius 3 is 2.73 bits per heavy atom. The molecule has 0 N–H and O–H groups in total. The van der Waals surface area contributed by atoms with E-state index in [0.717, 1.165) is 32.9 Å². The van der Waals surface area contributed by atoms with Gasteiger partial charge in [0.15, 0.2) is 9.79 Å². The number of esters is 1. The lowest BCUT2D eigenvalue weighted by Gasteiger charge is -2.23. The van der Waals surface area contributed by atoms with E-state index in [4.69, 9.17) is 4.74 Å². The summed E-state index contributed by atoms with van der Waals surface area (Å²) in [5.41, 5.74) is 3.33. The number of carbonyl (C=O) groups is 1. The second-order valence-electron chi connectivity index (χ2n) is 5.62. The molecule has 114 valence electrons. The standard InChI is InChI=1S/C18H18O3S/c1-12(11-21-13(2)19)14-7-8-18-16(9-14)10-15-5-3-4-6-17(15)22(18)20/h3-9,12H,10-11H2,1-2H3. The lowest BCUT2D eigenvalue weighted by Crippen LogP contribution is -2.15. The van der Waals surface area contributed by atoms with Crippen LogP contribution in [0.4, 0.5) is 0 Å². The highest BCUT2D eigenvalue weighted by Crippen LogP contribution is 2.35. The van der Waals surface area contributed by atoms with E-state index in [1.165, 1.54) is 6.92 Å². The second kappa shape index (κ2) is 6.15. The first-order valence-electron chi connectivity index (χ1n) is 7.32. The van der Waals surface area contributed by atoms with Crippen LogP contribution < -0.4 is 0 Å². The molecule has 4 heteroatoms. The van der Waals surface area contributed by atoms with E-state index in [9.17, 15) is 9.35 Å². The Bertz CT molecular complexity index is 711. The van der Waals surface area contributed by atoms with Crippen LogP contribution in [-0.2, 0) is 27.1 Å². The zero-order valence-corrected chi connectivity index (χ0v) is 13.5. The van der Waals surface area contributed by atoms with E-state index in [1.807, 2.05) is 43.3 Å². The quantitative estimate of drug-likeness (QED) is 0.644. The normalized spacial score (nSPS) is 17.3. The fourth-order valence-electron chi connectivity index (χ4n) is 2.72. The smallest absolute Gasteiger partial charge is 0.302 e. The first-order chi connectivity index (χ1) is 10.6. The van der Waals surface area contributed by atoms with E-state index < -0.39 is 11.2 Å². The van der Waals surface area contributed by atoms with Crippen LogP contribution in [0.3, 0.4) is 0 Å². The minimum atomic E-state index is -1.11. The number of hydrogen-bond donors (Lipinski definition) is 0. The van der Waals surface area contributed by atoms with Crippen molar-refractivity contribution in [3.8, 4) is 0 Å². The van der Waals surface area contributed by atoms with Crippen molar-refractivity contribution in [1.82, 2.24) is 0 Å². The molecule has 2 atom stereocenters. The Labute approximate surface area is 133 Å². The average molecular weight is 314 g/mol. The molecule has 1 aliphatic rings. The molecular formula is C18H18O3S. The van der Waals surface area contributed by atoms with E-state index in [2.05, 4.69) is 6.07 Å². The SMILES string of the molecule is CC(=O)OCC(C)c1ccc2c(c1)Cc1ccccc1[S+]2[O-]. The number of ether oxygens (including phenoxy) is 1. The molecule has 0 radical (unpaired) electrons. The third-order valence-corrected chi connectivity index (χ3v) is 5.54. The molecule has 2 aromatic carbocycles. The summed E-state index contributed by atoms with van der Waals surface area (Å²) in [7, 11) is 0. The first kappa shape index (κ1) is 15.1. The van der Waals surface area contributed by atoms with E-state index in [0.29, 0.717) is 6.61 Å². The Hall–Kier alpha value is -1.78. The van der Waals surface area contributed by atoms with Crippen LogP contribution >= 0.6 is 0 Å². The van der Waals surface area contributed by atoms with Crippen molar-refractivity contribution in [1.29, 1.82) is 0 Å². The Kier molecular flexibility index (Phi) is 4.23. The molecule has 0 aliphatic carbocycles. The van der Waals surface area contributed by atoms with Crippen LogP contribution in [0.15, 0.2) is 52.3 Å². The molecular weight excluding hydrogens is 296 g/mol. The number of benzene rings is 2. The zero-order valence-electron chi connectivity index (χ0n) is 12.7. The lowest BCUT2D eigenvalue weighted by molar-refractivity contribution is -0.141. The number of hydrogen-bond acceptors (Lipinski definition) is 3. The average Bonchev–Trinajstić information content (AvgIpc) is 2.52. The van der Waals surface area contributed by atoms with Crippen molar-refractivity contribution >= 4 is 17.1 Å². The van der Waals surface area contributed by atoms with E-state index in [-0.39, 0.29) is 11.9 Å². The van der Waals surface area contributed by atoms with Gasteiger partial charge in [0.05, 0.1) is 6.61 Å². The molecule has 0 aromatic heterocycles. The Balaban J connectivity index is 1.88. The molecule has 0 bridgehead atoms. The molecule has 0 fully saturated rings. The third kappa shape index (κ3) is 2.89. The van der Waals surface area contributed by atoms with Crippen LogP contribution in [0.2, 0.25) is 0 Å². The van der Waals surface area contributed by atoms with Crippen LogP contribution in [0.5, 0.6) is 0 Å². The van der Waals surface area contributed by atoms with Gasteiger partial charge in [-0.05, 0) is 17.7 Å². The van der Waals surface area contributed by atoms with Crippen LogP contribution in [0.25, 0.3) is 0 Å². The first-order valence-corrected chi connectivity index (χ1v) is 8.47. The molecule has 3 nitrogen and oxygen atoms in total. The van der Waals surface area contributed by atoms with Gasteiger partial charge in [-0.3, -0.25) is 4.79 Å². The fraction of sp³-hybridized carbons (Fsp3) is 0.278. The van der Waals surface area contributed by atoms with Crippen molar-refractivity contribution in [2.45, 2.75) is 36.0 Å². The molecule has 0 saturated carbocycles. The van der Waals surface area contributed by atoms with Crippen LogP contribution in [-0.4, -0.2) is 17.1 Å². The van der Waals surface area contributed by atoms with Gasteiger partial charge in [-0.25, -0.2) is 0 Å². The molecule has 2 unspecified atom stereocenters. The molecule has 3 rings (SSSR count). The monoisotopic (exact) mass is 314 g/mol. The molecule has 0 spiro atoms. The maximum Gasteiger partial charge on any atom is 0.302 e. The van der Waals surface area contributed by atoms with E-state index in [1.54, 1.807) is 0 Å². The summed E-state index contributed by atoms with van der Waals surface area (Å²) in [4.78, 5) is 12.7. The summed E-state index contributed by atoms with van der Waals surface area (Å²) in [6.07, 6.45) is 0.797. The van der Waals surface area contributed by atoms with Crippen molar-refractivity contribution in [3.05, 3.63) is 59.2 Å². The minimum Gasteiger partial charge on any atom is -0.606 e. The zero-order chi connectivity index (χ0) is 15.7. The molecule has 1 aliphatic heterocycles. The van der Waals surface area contributed by atoms with Crippen molar-refractivity contribution in [2.75, 3.05) is 6.61 Å². The van der Waals surface area contributed by atoms with Gasteiger partial charge < -0.3 is 9.29 Å². The molecule has 2 aromatic rings. The lowest BCUT2D eigenvalue weighted by atomic mass is 9.96. The van der Waals surface area contributed by atoms with Gasteiger partial charge in [-0.2, -0.15) is 0 Å². The van der Waals surface area contributed by atoms with E-state index >= 15 is 0 Å². The minimum absolute atomic E-state index is 0.125. The van der Waals surface area contributed by atoms with Gasteiger partial charge in [0.2, 0.25) is 0 Å². The summed E-state index contributed by atoms with van der Waals surface area (Å²) in [6.45, 7) is 3.81. The van der Waals surface area contributed by atoms with Gasteiger partial charge >= 0.3 is 5.97 Å². The van der Waals surface area contributed by atoms with Gasteiger partial charge in [0.1, 0.15) is 0 Å². The predicted molar refractivity (Wildman–Crippen MR) is 85.4 cm³/mol. The Morgan fingerprint density at radius 2 is 1.95 bits per heavy atom. The van der Waals surface area contributed by atoms with Crippen molar-refractivity contribution in [3.63, 3.8) is 0 Å². The highest BCUT2D eigenvalue weighted by atomic mass is 32.2. The topological polar surface area (TPSA) is 49.4 Å². The van der Waals surface area contributed by atoms with Gasteiger partial charge in [-0.15, -0.1) is 0 Å².